The first kappa shape index (κ1) is 11.7. The maximum atomic E-state index is 10.7. The van der Waals surface area contributed by atoms with E-state index < -0.39 is 6.10 Å². The van der Waals surface area contributed by atoms with Crippen LogP contribution in [0.1, 0.15) is 12.5 Å². The van der Waals surface area contributed by atoms with Crippen LogP contribution in [0.4, 0.5) is 0 Å². The minimum Gasteiger partial charge on any atom is -0.461 e. The van der Waals surface area contributed by atoms with E-state index >= 15 is 0 Å². The van der Waals surface area contributed by atoms with Gasteiger partial charge in [-0.15, -0.1) is 0 Å². The Kier molecular flexibility index (Phi) is 4.31. The lowest BCUT2D eigenvalue weighted by Crippen LogP contribution is -2.37. The van der Waals surface area contributed by atoms with Gasteiger partial charge in [0.1, 0.15) is 6.10 Å². The number of esters is 1. The number of benzene rings is 1. The molecule has 0 aliphatic heterocycles. The van der Waals surface area contributed by atoms with Gasteiger partial charge in [-0.25, -0.2) is 0 Å². The molecular formula is C12H16NO2. The van der Waals surface area contributed by atoms with Crippen LogP contribution in [-0.2, 0) is 16.0 Å². The first-order chi connectivity index (χ1) is 7.09. The zero-order valence-corrected chi connectivity index (χ0v) is 8.85. The van der Waals surface area contributed by atoms with Gasteiger partial charge in [0.05, 0.1) is 0 Å². The largest absolute Gasteiger partial charge is 0.461 e. The van der Waals surface area contributed by atoms with E-state index in [-0.39, 0.29) is 12.0 Å². The lowest BCUT2D eigenvalue weighted by molar-refractivity contribution is -0.145. The van der Waals surface area contributed by atoms with Crippen LogP contribution in [-0.4, -0.2) is 18.1 Å². The summed E-state index contributed by atoms with van der Waals surface area (Å²) < 4.78 is 4.91. The molecule has 3 nitrogen and oxygen atoms in total. The van der Waals surface area contributed by atoms with Crippen molar-refractivity contribution < 1.29 is 9.53 Å². The fourth-order valence-corrected chi connectivity index (χ4v) is 1.32. The van der Waals surface area contributed by atoms with E-state index in [9.17, 15) is 4.79 Å². The van der Waals surface area contributed by atoms with Crippen molar-refractivity contribution in [3.8, 4) is 0 Å². The Morgan fingerprint density at radius 1 is 1.47 bits per heavy atom. The molecule has 0 heterocycles. The van der Waals surface area contributed by atoms with Gasteiger partial charge in [-0.1, -0.05) is 30.3 Å². The Hall–Kier alpha value is -1.35. The number of carbonyl (C=O) groups is 1. The Morgan fingerprint density at radius 2 is 2.07 bits per heavy atom. The van der Waals surface area contributed by atoms with E-state index in [4.69, 9.17) is 10.5 Å². The number of carbonyl (C=O) groups excluding carboxylic acids is 1. The van der Waals surface area contributed by atoms with E-state index in [0.29, 0.717) is 6.42 Å². The van der Waals surface area contributed by atoms with Gasteiger partial charge in [0.25, 0.3) is 0 Å². The highest BCUT2D eigenvalue weighted by atomic mass is 16.5. The Bertz CT molecular complexity index is 311. The third-order valence-electron chi connectivity index (χ3n) is 2.11. The summed E-state index contributed by atoms with van der Waals surface area (Å²) in [4.78, 5) is 10.7. The summed E-state index contributed by atoms with van der Waals surface area (Å²) >= 11 is 0. The third-order valence-corrected chi connectivity index (χ3v) is 2.11. The van der Waals surface area contributed by atoms with Crippen molar-refractivity contribution in [2.45, 2.75) is 25.5 Å². The first-order valence-corrected chi connectivity index (χ1v) is 4.89. The number of hydrogen-bond acceptors (Lipinski definition) is 3. The van der Waals surface area contributed by atoms with Gasteiger partial charge in [0, 0.05) is 13.0 Å². The molecule has 2 N–H and O–H groups in total. The molecule has 0 saturated carbocycles. The third kappa shape index (κ3) is 4.13. The molecule has 0 aromatic heterocycles. The van der Waals surface area contributed by atoms with Crippen LogP contribution in [0.15, 0.2) is 30.3 Å². The van der Waals surface area contributed by atoms with E-state index in [2.05, 4.69) is 6.92 Å². The Balaban J connectivity index is 2.48. The lowest BCUT2D eigenvalue weighted by Gasteiger charge is -2.19. The van der Waals surface area contributed by atoms with Crippen molar-refractivity contribution in [1.82, 2.24) is 0 Å². The SMILES string of the molecule is [CH2][C@H](OC(C)=O)[C@@H](N)Cc1ccccc1. The molecule has 0 unspecified atom stereocenters. The monoisotopic (exact) mass is 206 g/mol. The molecule has 0 fully saturated rings. The van der Waals surface area contributed by atoms with Crippen LogP contribution in [0.2, 0.25) is 0 Å². The molecule has 0 aliphatic rings. The molecule has 0 spiro atoms. The normalized spacial score (nSPS) is 14.3. The number of rotatable bonds is 4. The quantitative estimate of drug-likeness (QED) is 0.756. The predicted octanol–water partition coefficient (Wildman–Crippen LogP) is 1.32. The molecular weight excluding hydrogens is 190 g/mol. The van der Waals surface area contributed by atoms with Crippen molar-refractivity contribution in [3.63, 3.8) is 0 Å². The maximum Gasteiger partial charge on any atom is 0.302 e. The zero-order valence-electron chi connectivity index (χ0n) is 8.85. The molecule has 0 aliphatic carbocycles. The second-order valence-electron chi connectivity index (χ2n) is 3.50. The number of ether oxygens (including phenoxy) is 1. The van der Waals surface area contributed by atoms with Crippen molar-refractivity contribution in [3.05, 3.63) is 42.8 Å². The van der Waals surface area contributed by atoms with Crippen molar-refractivity contribution in [2.24, 2.45) is 5.73 Å². The maximum absolute atomic E-state index is 10.7. The second kappa shape index (κ2) is 5.51. The molecule has 2 atom stereocenters. The van der Waals surface area contributed by atoms with Crippen molar-refractivity contribution in [1.29, 1.82) is 0 Å². The van der Waals surface area contributed by atoms with E-state index in [1.165, 1.54) is 6.92 Å². The Morgan fingerprint density at radius 3 is 2.60 bits per heavy atom. The molecule has 0 amide bonds. The van der Waals surface area contributed by atoms with Crippen LogP contribution in [0.25, 0.3) is 0 Å². The average Bonchev–Trinajstić information content (AvgIpc) is 2.18. The number of nitrogens with two attached hydrogens (primary N) is 1. The highest BCUT2D eigenvalue weighted by Gasteiger charge is 2.15. The van der Waals surface area contributed by atoms with Crippen molar-refractivity contribution in [2.75, 3.05) is 0 Å². The molecule has 0 bridgehead atoms. The molecule has 15 heavy (non-hydrogen) atoms. The van der Waals surface area contributed by atoms with Gasteiger partial charge in [-0.3, -0.25) is 4.79 Å². The number of hydrogen-bond donors (Lipinski definition) is 1. The standard InChI is InChI=1S/C12H16NO2/c1-9(15-10(2)14)12(13)8-11-6-4-3-5-7-11/h3-7,9,12H,1,8,13H2,2H3/t9-,12-/m0/s1. The van der Waals surface area contributed by atoms with Gasteiger partial charge in [0.15, 0.2) is 0 Å². The minimum atomic E-state index is -0.497. The minimum absolute atomic E-state index is 0.267. The lowest BCUT2D eigenvalue weighted by atomic mass is 10.0. The van der Waals surface area contributed by atoms with Crippen LogP contribution >= 0.6 is 0 Å². The average molecular weight is 206 g/mol. The van der Waals surface area contributed by atoms with Crippen LogP contribution in [0.5, 0.6) is 0 Å². The summed E-state index contributed by atoms with van der Waals surface area (Å²) in [6.07, 6.45) is 0.158. The molecule has 1 rings (SSSR count). The van der Waals surface area contributed by atoms with E-state index in [1.54, 1.807) is 0 Å². The van der Waals surface area contributed by atoms with Crippen molar-refractivity contribution >= 4 is 5.97 Å². The molecule has 1 aromatic carbocycles. The van der Waals surface area contributed by atoms with E-state index in [0.717, 1.165) is 5.56 Å². The van der Waals surface area contributed by atoms with Gasteiger partial charge in [0.2, 0.25) is 0 Å². The molecule has 3 heteroatoms. The van der Waals surface area contributed by atoms with Gasteiger partial charge >= 0.3 is 5.97 Å². The van der Waals surface area contributed by atoms with E-state index in [1.807, 2.05) is 30.3 Å². The molecule has 1 radical (unpaired) electrons. The van der Waals surface area contributed by atoms with Crippen LogP contribution in [0.3, 0.4) is 0 Å². The van der Waals surface area contributed by atoms with Gasteiger partial charge in [-0.05, 0) is 18.9 Å². The summed E-state index contributed by atoms with van der Waals surface area (Å²) in [5, 5.41) is 0. The van der Waals surface area contributed by atoms with Crippen LogP contribution in [0, 0.1) is 6.92 Å². The van der Waals surface area contributed by atoms with Gasteiger partial charge < -0.3 is 10.5 Å². The highest BCUT2D eigenvalue weighted by molar-refractivity contribution is 5.66. The first-order valence-electron chi connectivity index (χ1n) is 4.89. The molecule has 81 valence electrons. The topological polar surface area (TPSA) is 52.3 Å². The van der Waals surface area contributed by atoms with Crippen LogP contribution < -0.4 is 5.73 Å². The predicted molar refractivity (Wildman–Crippen MR) is 59.0 cm³/mol. The second-order valence-corrected chi connectivity index (χ2v) is 3.50. The fourth-order valence-electron chi connectivity index (χ4n) is 1.32. The van der Waals surface area contributed by atoms with Gasteiger partial charge in [-0.2, -0.15) is 0 Å². The fraction of sp³-hybridized carbons (Fsp3) is 0.333. The highest BCUT2D eigenvalue weighted by Crippen LogP contribution is 2.06. The molecule has 0 saturated heterocycles. The summed E-state index contributed by atoms with van der Waals surface area (Å²) in [7, 11) is 0. The zero-order chi connectivity index (χ0) is 11.3. The smallest absolute Gasteiger partial charge is 0.302 e. The molecule has 1 aromatic rings. The summed E-state index contributed by atoms with van der Waals surface area (Å²) in [5.74, 6) is -0.349. The summed E-state index contributed by atoms with van der Waals surface area (Å²) in [6, 6.07) is 9.55. The summed E-state index contributed by atoms with van der Waals surface area (Å²) in [6.45, 7) is 5.06. The Labute approximate surface area is 90.2 Å². The summed E-state index contributed by atoms with van der Waals surface area (Å²) in [5.41, 5.74) is 6.97.